The lowest BCUT2D eigenvalue weighted by Gasteiger charge is -1.86. The van der Waals surface area contributed by atoms with Crippen LogP contribution in [0.1, 0.15) is 16.9 Å². The maximum Gasteiger partial charge on any atom is 0.0354 e. The second-order valence-corrected chi connectivity index (χ2v) is 3.72. The van der Waals surface area contributed by atoms with Gasteiger partial charge in [0.15, 0.2) is 0 Å². The summed E-state index contributed by atoms with van der Waals surface area (Å²) in [5, 5.41) is 5.16. The highest BCUT2D eigenvalue weighted by Crippen LogP contribution is 2.11. The van der Waals surface area contributed by atoms with Crippen molar-refractivity contribution < 1.29 is 0 Å². The average molecular weight is 179 g/mol. The molecule has 1 aromatic heterocycles. The summed E-state index contributed by atoms with van der Waals surface area (Å²) in [7, 11) is 1.94. The van der Waals surface area contributed by atoms with Crippen molar-refractivity contribution in [3.63, 3.8) is 0 Å². The van der Waals surface area contributed by atoms with Gasteiger partial charge in [-0.15, -0.1) is 11.3 Å². The first kappa shape index (κ1) is 9.31. The van der Waals surface area contributed by atoms with Crippen LogP contribution in [-0.4, -0.2) is 13.6 Å². The fourth-order valence-corrected chi connectivity index (χ4v) is 1.50. The molecule has 1 aromatic rings. The van der Waals surface area contributed by atoms with Crippen molar-refractivity contribution in [1.29, 1.82) is 0 Å². The first-order chi connectivity index (χ1) is 5.83. The van der Waals surface area contributed by atoms with Crippen molar-refractivity contribution in [2.75, 3.05) is 13.6 Å². The van der Waals surface area contributed by atoms with E-state index in [9.17, 15) is 0 Å². The molecule has 0 aromatic carbocycles. The average Bonchev–Trinajstić information content (AvgIpc) is 2.45. The van der Waals surface area contributed by atoms with Crippen LogP contribution in [-0.2, 0) is 0 Å². The van der Waals surface area contributed by atoms with Gasteiger partial charge < -0.3 is 5.32 Å². The third kappa shape index (κ3) is 3.08. The molecule has 64 valence electrons. The third-order valence-corrected chi connectivity index (χ3v) is 2.32. The largest absolute Gasteiger partial charge is 0.319 e. The van der Waals surface area contributed by atoms with Gasteiger partial charge >= 0.3 is 0 Å². The molecule has 1 heterocycles. The zero-order chi connectivity index (χ0) is 8.81. The van der Waals surface area contributed by atoms with Gasteiger partial charge in [-0.3, -0.25) is 0 Å². The zero-order valence-electron chi connectivity index (χ0n) is 7.48. The van der Waals surface area contributed by atoms with Gasteiger partial charge in [-0.05, 0) is 20.0 Å². The van der Waals surface area contributed by atoms with Crippen molar-refractivity contribution in [1.82, 2.24) is 5.32 Å². The Kier molecular flexibility index (Phi) is 3.86. The van der Waals surface area contributed by atoms with Crippen molar-refractivity contribution in [3.8, 4) is 11.8 Å². The van der Waals surface area contributed by atoms with E-state index in [1.54, 1.807) is 11.3 Å². The molecule has 0 spiro atoms. The predicted octanol–water partition coefficient (Wildman–Crippen LogP) is 2.02. The number of nitrogens with one attached hydrogen (secondary N) is 1. The van der Waals surface area contributed by atoms with Crippen LogP contribution in [0.2, 0.25) is 0 Å². The Morgan fingerprint density at radius 2 is 2.42 bits per heavy atom. The molecule has 0 saturated heterocycles. The molecule has 0 aliphatic carbocycles. The van der Waals surface area contributed by atoms with Gasteiger partial charge in [-0.25, -0.2) is 0 Å². The molecular weight excluding hydrogens is 166 g/mol. The maximum atomic E-state index is 3.12. The fourth-order valence-electron chi connectivity index (χ4n) is 0.861. The maximum absolute atomic E-state index is 3.12. The number of rotatable bonds is 2. The lowest BCUT2D eigenvalue weighted by atomic mass is 10.3. The van der Waals surface area contributed by atoms with E-state index < -0.39 is 0 Å². The van der Waals surface area contributed by atoms with E-state index in [1.165, 1.54) is 4.88 Å². The van der Waals surface area contributed by atoms with E-state index >= 15 is 0 Å². The molecule has 1 nitrogen and oxygen atoms in total. The molecule has 1 rings (SSSR count). The first-order valence-corrected chi connectivity index (χ1v) is 4.89. The van der Waals surface area contributed by atoms with E-state index in [0.717, 1.165) is 18.5 Å². The Morgan fingerprint density at radius 1 is 1.58 bits per heavy atom. The van der Waals surface area contributed by atoms with Gasteiger partial charge in [-0.1, -0.05) is 11.8 Å². The molecule has 12 heavy (non-hydrogen) atoms. The number of thiophene rings is 1. The summed E-state index contributed by atoms with van der Waals surface area (Å²) in [5.41, 5.74) is 1.15. The summed E-state index contributed by atoms with van der Waals surface area (Å²) >= 11 is 1.75. The summed E-state index contributed by atoms with van der Waals surface area (Å²) in [6, 6.07) is 2.12. The van der Waals surface area contributed by atoms with Crippen LogP contribution < -0.4 is 5.32 Å². The Morgan fingerprint density at radius 3 is 3.00 bits per heavy atom. The van der Waals surface area contributed by atoms with E-state index in [0.29, 0.717) is 0 Å². The monoisotopic (exact) mass is 179 g/mol. The van der Waals surface area contributed by atoms with E-state index in [-0.39, 0.29) is 0 Å². The second kappa shape index (κ2) is 4.97. The van der Waals surface area contributed by atoms with Gasteiger partial charge in [0.05, 0.1) is 0 Å². The van der Waals surface area contributed by atoms with E-state index in [4.69, 9.17) is 0 Å². The van der Waals surface area contributed by atoms with Crippen LogP contribution in [0.3, 0.4) is 0 Å². The molecule has 0 atom stereocenters. The van der Waals surface area contributed by atoms with Gasteiger partial charge in [0, 0.05) is 28.8 Å². The van der Waals surface area contributed by atoms with Crippen LogP contribution in [0, 0.1) is 18.8 Å². The lowest BCUT2D eigenvalue weighted by molar-refractivity contribution is 0.818. The highest BCUT2D eigenvalue weighted by Gasteiger charge is 1.89. The van der Waals surface area contributed by atoms with E-state index in [1.807, 2.05) is 7.05 Å². The van der Waals surface area contributed by atoms with Crippen LogP contribution in [0.25, 0.3) is 0 Å². The van der Waals surface area contributed by atoms with Crippen molar-refractivity contribution in [3.05, 3.63) is 21.9 Å². The number of aryl methyl sites for hydroxylation is 1. The van der Waals surface area contributed by atoms with Gasteiger partial charge in [0.25, 0.3) is 0 Å². The molecule has 0 unspecified atom stereocenters. The number of hydrogen-bond acceptors (Lipinski definition) is 2. The Labute approximate surface area is 77.8 Å². The third-order valence-electron chi connectivity index (χ3n) is 1.46. The molecule has 0 aliphatic heterocycles. The minimum Gasteiger partial charge on any atom is -0.319 e. The van der Waals surface area contributed by atoms with E-state index in [2.05, 4.69) is 35.5 Å². The molecule has 0 radical (unpaired) electrons. The number of hydrogen-bond donors (Lipinski definition) is 1. The quantitative estimate of drug-likeness (QED) is 0.541. The molecule has 0 amide bonds. The summed E-state index contributed by atoms with van der Waals surface area (Å²) in [6.07, 6.45) is 0.922. The molecule has 0 aliphatic rings. The molecular formula is C10H13NS. The van der Waals surface area contributed by atoms with Gasteiger partial charge in [0.1, 0.15) is 0 Å². The Hall–Kier alpha value is -0.780. The normalized spacial score (nSPS) is 9.17. The topological polar surface area (TPSA) is 12.0 Å². The lowest BCUT2D eigenvalue weighted by Crippen LogP contribution is -2.05. The smallest absolute Gasteiger partial charge is 0.0354 e. The van der Waals surface area contributed by atoms with Crippen molar-refractivity contribution >= 4 is 11.3 Å². The van der Waals surface area contributed by atoms with Crippen LogP contribution in [0.15, 0.2) is 11.4 Å². The van der Waals surface area contributed by atoms with Crippen molar-refractivity contribution in [2.24, 2.45) is 0 Å². The molecule has 1 N–H and O–H groups in total. The fraction of sp³-hybridized carbons (Fsp3) is 0.400. The molecule has 2 heteroatoms. The van der Waals surface area contributed by atoms with Crippen LogP contribution in [0.5, 0.6) is 0 Å². The highest BCUT2D eigenvalue weighted by molar-refractivity contribution is 7.10. The Bertz CT molecular complexity index is 290. The van der Waals surface area contributed by atoms with Crippen LogP contribution in [0.4, 0.5) is 0 Å². The molecule has 0 bridgehead atoms. The predicted molar refractivity (Wildman–Crippen MR) is 54.5 cm³/mol. The first-order valence-electron chi connectivity index (χ1n) is 4.01. The van der Waals surface area contributed by atoms with Crippen LogP contribution >= 0.6 is 11.3 Å². The summed E-state index contributed by atoms with van der Waals surface area (Å²) in [4.78, 5) is 1.33. The minimum absolute atomic E-state index is 0.922. The summed E-state index contributed by atoms with van der Waals surface area (Å²) < 4.78 is 0. The summed E-state index contributed by atoms with van der Waals surface area (Å²) in [6.45, 7) is 3.07. The zero-order valence-corrected chi connectivity index (χ0v) is 8.29. The standard InChI is InChI=1S/C10H13NS/c1-9-7-10(8-12-9)5-3-4-6-11-2/h7-8,11H,4,6H2,1-2H3. The SMILES string of the molecule is CNCCC#Cc1csc(C)c1. The molecule has 0 saturated carbocycles. The summed E-state index contributed by atoms with van der Waals surface area (Å²) in [5.74, 6) is 6.23. The minimum atomic E-state index is 0.922. The van der Waals surface area contributed by atoms with Crippen molar-refractivity contribution in [2.45, 2.75) is 13.3 Å². The second-order valence-electron chi connectivity index (χ2n) is 2.60. The van der Waals surface area contributed by atoms with Gasteiger partial charge in [0.2, 0.25) is 0 Å². The Balaban J connectivity index is 2.43. The highest BCUT2D eigenvalue weighted by atomic mass is 32.1. The van der Waals surface area contributed by atoms with Gasteiger partial charge in [-0.2, -0.15) is 0 Å². The molecule has 0 fully saturated rings.